The van der Waals surface area contributed by atoms with Crippen LogP contribution in [0.2, 0.25) is 0 Å². The molecule has 0 saturated heterocycles. The van der Waals surface area contributed by atoms with Crippen LogP contribution in [0.4, 0.5) is 11.4 Å². The molecule has 1 aliphatic carbocycles. The molecule has 0 bridgehead atoms. The van der Waals surface area contributed by atoms with Gasteiger partial charge in [-0.15, -0.1) is 11.3 Å². The number of thiophene rings is 1. The second-order valence-corrected chi connectivity index (χ2v) is 18.0. The lowest BCUT2D eigenvalue weighted by Crippen LogP contribution is -2.45. The van der Waals surface area contributed by atoms with Gasteiger partial charge in [-0.3, -0.25) is 0 Å². The van der Waals surface area contributed by atoms with Gasteiger partial charge in [-0.25, -0.2) is 15.0 Å². The van der Waals surface area contributed by atoms with Crippen molar-refractivity contribution in [2.24, 2.45) is 11.8 Å². The van der Waals surface area contributed by atoms with Crippen LogP contribution in [0, 0.1) is 11.8 Å². The molecule has 6 heteroatoms. The van der Waals surface area contributed by atoms with Crippen LogP contribution < -0.4 is 4.90 Å². The smallest absolute Gasteiger partial charge is 0.164 e. The van der Waals surface area contributed by atoms with Gasteiger partial charge in [-0.1, -0.05) is 148 Å². The summed E-state index contributed by atoms with van der Waals surface area (Å²) in [4.78, 5) is 17.8. The number of aromatic nitrogens is 3. The Morgan fingerprint density at radius 2 is 1.28 bits per heavy atom. The fraction of sp³-hybridized carbons (Fsp3) is 0.109. The standard InChI is InChI=1S/C55H40N4OS/c1-33-15-12-24-45-50(33)55(2,3)43-31-36(38-21-13-22-40-39-20-10-11-25-46(39)60-51(38)40)27-29-44(43)59(45)37-28-30-47-42(32-37)49-41(23-14-26-48(49)61-47)54-57-52(34-16-6-4-7-17-34)56-53(58-54)35-18-8-5-9-19-35/h4-33,50H,1-3H3. The number of furan rings is 1. The molecule has 0 amide bonds. The minimum absolute atomic E-state index is 0.155. The number of anilines is 2. The molecule has 61 heavy (non-hydrogen) atoms. The molecule has 3 aromatic heterocycles. The number of nitrogens with zero attached hydrogens (tertiary/aromatic N) is 4. The van der Waals surface area contributed by atoms with Gasteiger partial charge in [-0.05, 0) is 65.6 Å². The minimum atomic E-state index is -0.155. The molecule has 7 aromatic carbocycles. The van der Waals surface area contributed by atoms with Crippen LogP contribution >= 0.6 is 11.3 Å². The molecule has 12 rings (SSSR count). The molecule has 2 unspecified atom stereocenters. The number of fused-ring (bicyclic) bond motifs is 8. The molecule has 0 saturated carbocycles. The first-order valence-electron chi connectivity index (χ1n) is 21.0. The van der Waals surface area contributed by atoms with Gasteiger partial charge in [0.1, 0.15) is 11.2 Å². The van der Waals surface area contributed by atoms with E-state index < -0.39 is 0 Å². The molecular formula is C55H40N4OS. The summed E-state index contributed by atoms with van der Waals surface area (Å²) in [5.41, 5.74) is 11.8. The molecular weight excluding hydrogens is 765 g/mol. The first-order chi connectivity index (χ1) is 29.9. The summed E-state index contributed by atoms with van der Waals surface area (Å²) in [6.07, 6.45) is 6.94. The molecule has 4 heterocycles. The van der Waals surface area contributed by atoms with Crippen LogP contribution in [-0.4, -0.2) is 15.0 Å². The average molecular weight is 805 g/mol. The third kappa shape index (κ3) is 5.63. The van der Waals surface area contributed by atoms with Crippen molar-refractivity contribution in [2.75, 3.05) is 4.90 Å². The zero-order chi connectivity index (χ0) is 40.8. The fourth-order valence-electron chi connectivity index (χ4n) is 10.1. The van der Waals surface area contributed by atoms with Gasteiger partial charge < -0.3 is 9.32 Å². The van der Waals surface area contributed by atoms with Gasteiger partial charge in [0, 0.05) is 81.6 Å². The third-order valence-electron chi connectivity index (χ3n) is 12.9. The molecule has 0 radical (unpaired) electrons. The molecule has 2 aliphatic rings. The maximum atomic E-state index is 6.56. The molecule has 10 aromatic rings. The minimum Gasteiger partial charge on any atom is -0.455 e. The van der Waals surface area contributed by atoms with E-state index in [0.717, 1.165) is 60.8 Å². The van der Waals surface area contributed by atoms with Crippen LogP contribution in [0.15, 0.2) is 186 Å². The number of hydrogen-bond donors (Lipinski definition) is 0. The van der Waals surface area contributed by atoms with E-state index in [1.807, 2.05) is 53.8 Å². The molecule has 2 atom stereocenters. The Morgan fingerprint density at radius 3 is 2.07 bits per heavy atom. The van der Waals surface area contributed by atoms with Crippen molar-refractivity contribution in [1.29, 1.82) is 0 Å². The van der Waals surface area contributed by atoms with E-state index in [1.165, 1.54) is 31.7 Å². The van der Waals surface area contributed by atoms with Crippen molar-refractivity contribution in [3.05, 3.63) is 187 Å². The van der Waals surface area contributed by atoms with Gasteiger partial charge in [0.25, 0.3) is 0 Å². The van der Waals surface area contributed by atoms with Crippen LogP contribution in [0.3, 0.4) is 0 Å². The SMILES string of the molecule is CC1C=CC=C2C1C(C)(C)c1cc(-c3cccc4c3oc3ccccc34)ccc1N2c1ccc2sc3cccc(-c4nc(-c5ccccc5)nc(-c5ccccc5)n4)c3c2c1. The van der Waals surface area contributed by atoms with E-state index in [2.05, 4.69) is 159 Å². The Labute approximate surface area is 358 Å². The topological polar surface area (TPSA) is 55.1 Å². The summed E-state index contributed by atoms with van der Waals surface area (Å²) >= 11 is 1.81. The summed E-state index contributed by atoms with van der Waals surface area (Å²) in [5, 5.41) is 4.63. The quantitative estimate of drug-likeness (QED) is 0.173. The summed E-state index contributed by atoms with van der Waals surface area (Å²) in [6, 6.07) is 55.8. The highest BCUT2D eigenvalue weighted by Gasteiger charge is 2.46. The van der Waals surface area contributed by atoms with Crippen molar-refractivity contribution >= 4 is 64.8 Å². The number of allylic oxidation sites excluding steroid dienone is 4. The van der Waals surface area contributed by atoms with Crippen molar-refractivity contribution in [2.45, 2.75) is 26.2 Å². The van der Waals surface area contributed by atoms with Crippen molar-refractivity contribution < 1.29 is 4.42 Å². The van der Waals surface area contributed by atoms with Crippen LogP contribution in [0.5, 0.6) is 0 Å². The second-order valence-electron chi connectivity index (χ2n) is 16.9. The van der Waals surface area contributed by atoms with Crippen LogP contribution in [-0.2, 0) is 5.41 Å². The normalized spacial score (nSPS) is 16.9. The molecule has 0 spiro atoms. The van der Waals surface area contributed by atoms with E-state index in [1.54, 1.807) is 0 Å². The van der Waals surface area contributed by atoms with Gasteiger partial charge >= 0.3 is 0 Å². The highest BCUT2D eigenvalue weighted by Crippen LogP contribution is 2.56. The van der Waals surface area contributed by atoms with E-state index in [-0.39, 0.29) is 11.3 Å². The largest absolute Gasteiger partial charge is 0.455 e. The average Bonchev–Trinajstić information content (AvgIpc) is 3.88. The lowest BCUT2D eigenvalue weighted by molar-refractivity contribution is 0.289. The number of para-hydroxylation sites is 2. The summed E-state index contributed by atoms with van der Waals surface area (Å²) < 4.78 is 8.98. The van der Waals surface area contributed by atoms with E-state index in [9.17, 15) is 0 Å². The van der Waals surface area contributed by atoms with E-state index in [0.29, 0.717) is 23.4 Å². The second kappa shape index (κ2) is 13.7. The van der Waals surface area contributed by atoms with Gasteiger partial charge in [0.15, 0.2) is 17.5 Å². The van der Waals surface area contributed by atoms with Gasteiger partial charge in [0.2, 0.25) is 0 Å². The van der Waals surface area contributed by atoms with Crippen LogP contribution in [0.1, 0.15) is 26.3 Å². The molecule has 1 aliphatic heterocycles. The Kier molecular flexibility index (Phi) is 8.03. The van der Waals surface area contributed by atoms with Crippen molar-refractivity contribution in [3.8, 4) is 45.3 Å². The monoisotopic (exact) mass is 804 g/mol. The zero-order valence-corrected chi connectivity index (χ0v) is 34.8. The van der Waals surface area contributed by atoms with Gasteiger partial charge in [0.05, 0.1) is 0 Å². The number of hydrogen-bond acceptors (Lipinski definition) is 6. The first kappa shape index (κ1) is 35.8. The highest BCUT2D eigenvalue weighted by molar-refractivity contribution is 7.26. The maximum Gasteiger partial charge on any atom is 0.164 e. The fourth-order valence-corrected chi connectivity index (χ4v) is 11.2. The van der Waals surface area contributed by atoms with Crippen molar-refractivity contribution in [1.82, 2.24) is 15.0 Å². The van der Waals surface area contributed by atoms with E-state index >= 15 is 0 Å². The Bertz CT molecular complexity index is 3380. The Morgan fingerprint density at radius 1 is 0.590 bits per heavy atom. The lowest BCUT2D eigenvalue weighted by atomic mass is 9.62. The predicted molar refractivity (Wildman–Crippen MR) is 253 cm³/mol. The third-order valence-corrected chi connectivity index (χ3v) is 14.0. The van der Waals surface area contributed by atoms with Gasteiger partial charge in [-0.2, -0.15) is 0 Å². The summed E-state index contributed by atoms with van der Waals surface area (Å²) in [5.74, 6) is 2.57. The summed E-state index contributed by atoms with van der Waals surface area (Å²) in [7, 11) is 0. The predicted octanol–water partition coefficient (Wildman–Crippen LogP) is 14.9. The zero-order valence-electron chi connectivity index (χ0n) is 34.0. The summed E-state index contributed by atoms with van der Waals surface area (Å²) in [6.45, 7) is 7.21. The highest BCUT2D eigenvalue weighted by atomic mass is 32.1. The van der Waals surface area contributed by atoms with Crippen LogP contribution in [0.25, 0.3) is 87.4 Å². The number of rotatable bonds is 5. The molecule has 0 N–H and O–H groups in total. The Hall–Kier alpha value is -7.15. The maximum absolute atomic E-state index is 6.56. The Balaban J connectivity index is 1.05. The molecule has 5 nitrogen and oxygen atoms in total. The molecule has 0 fully saturated rings. The molecule has 292 valence electrons. The number of benzene rings is 7. The first-order valence-corrected chi connectivity index (χ1v) is 21.8. The van der Waals surface area contributed by atoms with Crippen molar-refractivity contribution in [3.63, 3.8) is 0 Å². The lowest BCUT2D eigenvalue weighted by Gasteiger charge is -2.51. The van der Waals surface area contributed by atoms with E-state index in [4.69, 9.17) is 19.4 Å².